The van der Waals surface area contributed by atoms with Gasteiger partial charge in [0.2, 0.25) is 15.9 Å². The van der Waals surface area contributed by atoms with Crippen LogP contribution in [0.15, 0.2) is 53.4 Å². The van der Waals surface area contributed by atoms with Crippen molar-refractivity contribution in [1.82, 2.24) is 4.72 Å². The topological polar surface area (TPSA) is 66.5 Å². The van der Waals surface area contributed by atoms with Crippen LogP contribution >= 0.6 is 0 Å². The van der Waals surface area contributed by atoms with Gasteiger partial charge in [0.25, 0.3) is 0 Å². The lowest BCUT2D eigenvalue weighted by molar-refractivity contribution is -0.116. The van der Waals surface area contributed by atoms with E-state index in [-0.39, 0.29) is 23.9 Å². The Morgan fingerprint density at radius 1 is 1.08 bits per heavy atom. The molecule has 1 N–H and O–H groups in total. The van der Waals surface area contributed by atoms with Crippen molar-refractivity contribution in [3.05, 3.63) is 59.9 Å². The quantitative estimate of drug-likeness (QED) is 0.870. The molecular formula is C17H19FN2O3S. The molecule has 128 valence electrons. The molecule has 0 aliphatic heterocycles. The Morgan fingerprint density at radius 2 is 1.67 bits per heavy atom. The average molecular weight is 350 g/mol. The molecule has 0 unspecified atom stereocenters. The van der Waals surface area contributed by atoms with Crippen LogP contribution in [0.2, 0.25) is 0 Å². The van der Waals surface area contributed by atoms with E-state index in [0.717, 1.165) is 5.56 Å². The zero-order chi connectivity index (χ0) is 17.7. The van der Waals surface area contributed by atoms with E-state index in [1.165, 1.54) is 48.2 Å². The van der Waals surface area contributed by atoms with Crippen molar-refractivity contribution in [2.45, 2.75) is 18.7 Å². The van der Waals surface area contributed by atoms with E-state index in [1.807, 2.05) is 6.92 Å². The SMILES string of the molecule is CC(=O)N(CCNS(=O)(=O)c1ccc(C)cc1)c1ccc(F)cc1. The molecule has 0 aliphatic rings. The van der Waals surface area contributed by atoms with Crippen LogP contribution in [-0.2, 0) is 14.8 Å². The van der Waals surface area contributed by atoms with Gasteiger partial charge in [-0.05, 0) is 43.3 Å². The van der Waals surface area contributed by atoms with Crippen molar-refractivity contribution >= 4 is 21.6 Å². The smallest absolute Gasteiger partial charge is 0.240 e. The molecule has 0 atom stereocenters. The zero-order valence-corrected chi connectivity index (χ0v) is 14.3. The van der Waals surface area contributed by atoms with Gasteiger partial charge in [0.05, 0.1) is 4.90 Å². The normalized spacial score (nSPS) is 11.3. The van der Waals surface area contributed by atoms with Crippen molar-refractivity contribution in [2.75, 3.05) is 18.0 Å². The van der Waals surface area contributed by atoms with Crippen LogP contribution in [0.1, 0.15) is 12.5 Å². The Kier molecular flexibility index (Phi) is 5.69. The molecule has 0 fully saturated rings. The summed E-state index contributed by atoms with van der Waals surface area (Å²) in [4.78, 5) is 13.3. The number of carbonyl (C=O) groups excluding carboxylic acids is 1. The van der Waals surface area contributed by atoms with Crippen molar-refractivity contribution in [2.24, 2.45) is 0 Å². The fourth-order valence-electron chi connectivity index (χ4n) is 2.18. The molecule has 5 nitrogen and oxygen atoms in total. The molecule has 2 aromatic rings. The van der Waals surface area contributed by atoms with E-state index >= 15 is 0 Å². The summed E-state index contributed by atoms with van der Waals surface area (Å²) in [5, 5.41) is 0. The number of carbonyl (C=O) groups is 1. The number of hydrogen-bond acceptors (Lipinski definition) is 3. The zero-order valence-electron chi connectivity index (χ0n) is 13.5. The number of anilines is 1. The molecule has 0 heterocycles. The van der Waals surface area contributed by atoms with E-state index in [0.29, 0.717) is 5.69 Å². The Morgan fingerprint density at radius 3 is 2.21 bits per heavy atom. The highest BCUT2D eigenvalue weighted by Gasteiger charge is 2.16. The molecule has 24 heavy (non-hydrogen) atoms. The molecule has 2 rings (SSSR count). The molecule has 0 aliphatic carbocycles. The van der Waals surface area contributed by atoms with Gasteiger partial charge >= 0.3 is 0 Å². The fraction of sp³-hybridized carbons (Fsp3) is 0.235. The minimum absolute atomic E-state index is 0.0488. The minimum Gasteiger partial charge on any atom is -0.311 e. The fourth-order valence-corrected chi connectivity index (χ4v) is 3.20. The number of nitrogens with zero attached hydrogens (tertiary/aromatic N) is 1. The summed E-state index contributed by atoms with van der Waals surface area (Å²) in [6.07, 6.45) is 0. The number of nitrogens with one attached hydrogen (secondary N) is 1. The third-order valence-corrected chi connectivity index (χ3v) is 4.95. The highest BCUT2D eigenvalue weighted by atomic mass is 32.2. The number of sulfonamides is 1. The van der Waals surface area contributed by atoms with Crippen LogP contribution < -0.4 is 9.62 Å². The average Bonchev–Trinajstić information content (AvgIpc) is 2.53. The first-order chi connectivity index (χ1) is 11.3. The molecule has 0 bridgehead atoms. The first kappa shape index (κ1) is 18.1. The van der Waals surface area contributed by atoms with Gasteiger partial charge in [-0.3, -0.25) is 4.79 Å². The summed E-state index contributed by atoms with van der Waals surface area (Å²) in [6.45, 7) is 3.44. The van der Waals surface area contributed by atoms with Gasteiger partial charge in [-0.15, -0.1) is 0 Å². The van der Waals surface area contributed by atoms with Gasteiger partial charge in [0, 0.05) is 25.7 Å². The van der Waals surface area contributed by atoms with Gasteiger partial charge in [-0.2, -0.15) is 0 Å². The highest BCUT2D eigenvalue weighted by molar-refractivity contribution is 7.89. The largest absolute Gasteiger partial charge is 0.311 e. The minimum atomic E-state index is -3.64. The van der Waals surface area contributed by atoms with Gasteiger partial charge in [0.15, 0.2) is 0 Å². The third-order valence-electron chi connectivity index (χ3n) is 3.48. The van der Waals surface area contributed by atoms with Crippen molar-refractivity contribution in [3.63, 3.8) is 0 Å². The summed E-state index contributed by atoms with van der Waals surface area (Å²) in [5.74, 6) is -0.654. The highest BCUT2D eigenvalue weighted by Crippen LogP contribution is 2.15. The maximum absolute atomic E-state index is 13.0. The first-order valence-corrected chi connectivity index (χ1v) is 8.88. The van der Waals surface area contributed by atoms with Gasteiger partial charge in [-0.25, -0.2) is 17.5 Å². The number of benzene rings is 2. The number of halogens is 1. The van der Waals surface area contributed by atoms with Crippen molar-refractivity contribution in [3.8, 4) is 0 Å². The lowest BCUT2D eigenvalue weighted by Crippen LogP contribution is -2.37. The molecule has 0 radical (unpaired) electrons. The monoisotopic (exact) mass is 350 g/mol. The maximum Gasteiger partial charge on any atom is 0.240 e. The summed E-state index contributed by atoms with van der Waals surface area (Å²) < 4.78 is 39.9. The van der Waals surface area contributed by atoms with Crippen LogP contribution in [-0.4, -0.2) is 27.4 Å². The molecular weight excluding hydrogens is 331 g/mol. The predicted molar refractivity (Wildman–Crippen MR) is 90.8 cm³/mol. The molecule has 0 saturated carbocycles. The van der Waals surface area contributed by atoms with Crippen LogP contribution in [0.4, 0.5) is 10.1 Å². The number of hydrogen-bond donors (Lipinski definition) is 1. The van der Waals surface area contributed by atoms with Gasteiger partial charge in [0.1, 0.15) is 5.82 Å². The van der Waals surface area contributed by atoms with Crippen LogP contribution in [0.5, 0.6) is 0 Å². The Labute approximate surface area is 141 Å². The van der Waals surface area contributed by atoms with Crippen LogP contribution in [0, 0.1) is 12.7 Å². The third kappa shape index (κ3) is 4.62. The van der Waals surface area contributed by atoms with Crippen molar-refractivity contribution in [1.29, 1.82) is 0 Å². The standard InChI is InChI=1S/C17H19FN2O3S/c1-13-3-9-17(10-4-13)24(22,23)19-11-12-20(14(2)21)16-7-5-15(18)6-8-16/h3-10,19H,11-12H2,1-2H3. The molecule has 7 heteroatoms. The summed E-state index contributed by atoms with van der Waals surface area (Å²) in [5.41, 5.74) is 1.48. The van der Waals surface area contributed by atoms with Crippen LogP contribution in [0.25, 0.3) is 0 Å². The molecule has 0 spiro atoms. The lowest BCUT2D eigenvalue weighted by atomic mass is 10.2. The Hall–Kier alpha value is -2.25. The number of aryl methyl sites for hydroxylation is 1. The second-order valence-corrected chi connectivity index (χ2v) is 7.12. The van der Waals surface area contributed by atoms with E-state index in [9.17, 15) is 17.6 Å². The van der Waals surface area contributed by atoms with E-state index in [2.05, 4.69) is 4.72 Å². The molecule has 2 aromatic carbocycles. The Bertz CT molecular complexity index is 803. The molecule has 1 amide bonds. The van der Waals surface area contributed by atoms with Crippen LogP contribution in [0.3, 0.4) is 0 Å². The van der Waals surface area contributed by atoms with Crippen molar-refractivity contribution < 1.29 is 17.6 Å². The maximum atomic E-state index is 13.0. The Balaban J connectivity index is 2.03. The lowest BCUT2D eigenvalue weighted by Gasteiger charge is -2.21. The predicted octanol–water partition coefficient (Wildman–Crippen LogP) is 2.47. The second-order valence-electron chi connectivity index (χ2n) is 5.36. The number of rotatable bonds is 6. The van der Waals surface area contributed by atoms with Gasteiger partial charge in [-0.1, -0.05) is 17.7 Å². The van der Waals surface area contributed by atoms with E-state index < -0.39 is 15.8 Å². The van der Waals surface area contributed by atoms with Gasteiger partial charge < -0.3 is 4.90 Å². The summed E-state index contributed by atoms with van der Waals surface area (Å²) in [6, 6.07) is 11.9. The first-order valence-electron chi connectivity index (χ1n) is 7.39. The van der Waals surface area contributed by atoms with E-state index in [1.54, 1.807) is 12.1 Å². The molecule has 0 aromatic heterocycles. The van der Waals surface area contributed by atoms with E-state index in [4.69, 9.17) is 0 Å². The molecule has 0 saturated heterocycles. The summed E-state index contributed by atoms with van der Waals surface area (Å²) in [7, 11) is -3.64. The second kappa shape index (κ2) is 7.55. The summed E-state index contributed by atoms with van der Waals surface area (Å²) >= 11 is 0. The number of amides is 1.